The predicted octanol–water partition coefficient (Wildman–Crippen LogP) is 4.59. The summed E-state index contributed by atoms with van der Waals surface area (Å²) in [5.74, 6) is -3.87. The highest BCUT2D eigenvalue weighted by atomic mass is 35.5. The highest BCUT2D eigenvalue weighted by Gasteiger charge is 2.38. The van der Waals surface area contributed by atoms with Gasteiger partial charge in [0.2, 0.25) is 0 Å². The summed E-state index contributed by atoms with van der Waals surface area (Å²) in [5, 5.41) is 2.12. The van der Waals surface area contributed by atoms with Crippen molar-refractivity contribution in [1.82, 2.24) is 10.2 Å². The molecule has 0 unspecified atom stereocenters. The van der Waals surface area contributed by atoms with Gasteiger partial charge in [-0.1, -0.05) is 23.7 Å². The number of carbonyl (C=O) groups excluding carboxylic acids is 2. The second-order valence-electron chi connectivity index (χ2n) is 7.24. The Morgan fingerprint density at radius 2 is 1.97 bits per heavy atom. The molecule has 11 heteroatoms. The highest BCUT2D eigenvalue weighted by molar-refractivity contribution is 6.31. The average Bonchev–Trinajstić information content (AvgIpc) is 2.78. The third-order valence-electron chi connectivity index (χ3n) is 4.98. The minimum atomic E-state index is -5.11. The molecular formula is C22H18ClF5N2O3. The molecule has 0 bridgehead atoms. The van der Waals surface area contributed by atoms with Crippen LogP contribution in [-0.4, -0.2) is 42.6 Å². The van der Waals surface area contributed by atoms with Gasteiger partial charge in [-0.3, -0.25) is 9.59 Å². The molecule has 1 aliphatic rings. The molecule has 0 spiro atoms. The zero-order valence-electron chi connectivity index (χ0n) is 17.0. The van der Waals surface area contributed by atoms with E-state index in [0.29, 0.717) is 24.5 Å². The van der Waals surface area contributed by atoms with Crippen molar-refractivity contribution in [3.05, 3.63) is 75.8 Å². The van der Waals surface area contributed by atoms with Crippen molar-refractivity contribution in [3.8, 4) is 5.75 Å². The number of ether oxygens (including phenoxy) is 1. The Hall–Kier alpha value is -3.14. The van der Waals surface area contributed by atoms with Crippen molar-refractivity contribution in [3.63, 3.8) is 0 Å². The number of benzene rings is 2. The molecule has 3 rings (SSSR count). The summed E-state index contributed by atoms with van der Waals surface area (Å²) in [7, 11) is 0. The Kier molecular flexibility index (Phi) is 7.57. The summed E-state index contributed by atoms with van der Waals surface area (Å²) >= 11 is 6.18. The fraction of sp³-hybridized carbons (Fsp3) is 0.273. The number of nitrogens with one attached hydrogen (secondary N) is 1. The van der Waals surface area contributed by atoms with E-state index in [4.69, 9.17) is 16.3 Å². The lowest BCUT2D eigenvalue weighted by molar-refractivity contribution is -0.173. The first-order valence-corrected chi connectivity index (χ1v) is 10.1. The Balaban J connectivity index is 1.60. The van der Waals surface area contributed by atoms with Gasteiger partial charge >= 0.3 is 12.1 Å². The minimum absolute atomic E-state index is 0.0348. The number of fused-ring (bicyclic) bond motifs is 1. The number of nitrogens with zero attached hydrogens (tertiary/aromatic N) is 1. The quantitative estimate of drug-likeness (QED) is 0.605. The van der Waals surface area contributed by atoms with Crippen molar-refractivity contribution < 1.29 is 36.3 Å². The second kappa shape index (κ2) is 10.2. The summed E-state index contributed by atoms with van der Waals surface area (Å²) in [4.78, 5) is 25.2. The van der Waals surface area contributed by atoms with E-state index < -0.39 is 37.0 Å². The van der Waals surface area contributed by atoms with Crippen LogP contribution in [0.25, 0.3) is 0 Å². The van der Waals surface area contributed by atoms with Crippen LogP contribution in [0.1, 0.15) is 21.5 Å². The average molecular weight is 489 g/mol. The van der Waals surface area contributed by atoms with Crippen LogP contribution < -0.4 is 10.1 Å². The number of amides is 2. The first-order valence-electron chi connectivity index (χ1n) is 9.71. The standard InChI is InChI=1S/C22H18ClF5N2O3/c23-17-3-1-2-15-11-30(7-6-16(15)17)20(31)14-4-5-19(18(25)8-14)33-12-13(9-24)10-29-21(32)22(26,27)28/h1-5,8-9H,6-7,10-12H2,(H,29,32)/b13-9-. The molecule has 0 saturated heterocycles. The lowest BCUT2D eigenvalue weighted by atomic mass is 9.99. The normalized spacial score (nSPS) is 14.0. The number of alkyl halides is 3. The number of halogens is 6. The molecule has 0 aromatic heterocycles. The number of carbonyl (C=O) groups is 2. The lowest BCUT2D eigenvalue weighted by Gasteiger charge is -2.29. The summed E-state index contributed by atoms with van der Waals surface area (Å²) in [5.41, 5.74) is 1.61. The zero-order chi connectivity index (χ0) is 24.2. The molecule has 0 atom stereocenters. The number of hydrogen-bond acceptors (Lipinski definition) is 3. The van der Waals surface area contributed by atoms with Gasteiger partial charge < -0.3 is 15.0 Å². The van der Waals surface area contributed by atoms with Gasteiger partial charge in [0.05, 0.1) is 6.33 Å². The Morgan fingerprint density at radius 1 is 1.21 bits per heavy atom. The van der Waals surface area contributed by atoms with E-state index in [-0.39, 0.29) is 23.2 Å². The van der Waals surface area contributed by atoms with E-state index in [1.54, 1.807) is 17.0 Å². The van der Waals surface area contributed by atoms with Gasteiger partial charge in [-0.15, -0.1) is 0 Å². The monoisotopic (exact) mass is 488 g/mol. The van der Waals surface area contributed by atoms with Crippen LogP contribution >= 0.6 is 11.6 Å². The molecule has 1 N–H and O–H groups in total. The third-order valence-corrected chi connectivity index (χ3v) is 5.33. The van der Waals surface area contributed by atoms with Crippen LogP contribution in [0.4, 0.5) is 22.0 Å². The Bertz CT molecular complexity index is 1090. The van der Waals surface area contributed by atoms with E-state index >= 15 is 0 Å². The largest absolute Gasteiger partial charge is 0.486 e. The molecule has 0 radical (unpaired) electrons. The van der Waals surface area contributed by atoms with Crippen molar-refractivity contribution in [1.29, 1.82) is 0 Å². The molecule has 5 nitrogen and oxygen atoms in total. The van der Waals surface area contributed by atoms with Crippen molar-refractivity contribution in [2.75, 3.05) is 19.7 Å². The molecule has 176 valence electrons. The van der Waals surface area contributed by atoms with Crippen LogP contribution in [0.3, 0.4) is 0 Å². The molecule has 2 aromatic rings. The van der Waals surface area contributed by atoms with Crippen molar-refractivity contribution >= 4 is 23.4 Å². The van der Waals surface area contributed by atoms with Crippen LogP contribution in [0.5, 0.6) is 5.75 Å². The Morgan fingerprint density at radius 3 is 2.64 bits per heavy atom. The van der Waals surface area contributed by atoms with Crippen LogP contribution in [0.2, 0.25) is 5.02 Å². The number of rotatable bonds is 6. The molecule has 0 aliphatic carbocycles. The molecule has 1 heterocycles. The van der Waals surface area contributed by atoms with Crippen LogP contribution in [0.15, 0.2) is 48.3 Å². The third kappa shape index (κ3) is 6.01. The fourth-order valence-electron chi connectivity index (χ4n) is 3.26. The van der Waals surface area contributed by atoms with Gasteiger partial charge in [0.25, 0.3) is 5.91 Å². The molecule has 0 fully saturated rings. The first kappa shape index (κ1) is 24.5. The summed E-state index contributed by atoms with van der Waals surface area (Å²) in [6, 6.07) is 8.90. The lowest BCUT2D eigenvalue weighted by Crippen LogP contribution is -2.38. The maximum atomic E-state index is 14.4. The smallest absolute Gasteiger partial charge is 0.471 e. The molecule has 0 saturated carbocycles. The maximum absolute atomic E-state index is 14.4. The van der Waals surface area contributed by atoms with E-state index in [2.05, 4.69) is 0 Å². The van der Waals surface area contributed by atoms with E-state index in [1.165, 1.54) is 17.4 Å². The molecule has 2 aromatic carbocycles. The van der Waals surface area contributed by atoms with E-state index in [0.717, 1.165) is 17.2 Å². The van der Waals surface area contributed by atoms with Crippen molar-refractivity contribution in [2.45, 2.75) is 19.1 Å². The molecule has 2 amide bonds. The Labute approximate surface area is 190 Å². The zero-order valence-corrected chi connectivity index (χ0v) is 17.8. The fourth-order valence-corrected chi connectivity index (χ4v) is 3.54. The summed E-state index contributed by atoms with van der Waals surface area (Å²) < 4.78 is 69.0. The van der Waals surface area contributed by atoms with Crippen LogP contribution in [-0.2, 0) is 17.8 Å². The van der Waals surface area contributed by atoms with Gasteiger partial charge in [-0.25, -0.2) is 8.78 Å². The van der Waals surface area contributed by atoms with Gasteiger partial charge in [-0.05, 0) is 41.8 Å². The second-order valence-corrected chi connectivity index (χ2v) is 7.64. The van der Waals surface area contributed by atoms with Gasteiger partial charge in [0.1, 0.15) is 6.61 Å². The maximum Gasteiger partial charge on any atom is 0.471 e. The first-order chi connectivity index (χ1) is 15.6. The van der Waals surface area contributed by atoms with Crippen molar-refractivity contribution in [2.24, 2.45) is 0 Å². The summed E-state index contributed by atoms with van der Waals surface area (Å²) in [6.07, 6.45) is -4.58. The minimum Gasteiger partial charge on any atom is -0.486 e. The van der Waals surface area contributed by atoms with E-state index in [9.17, 15) is 31.5 Å². The highest BCUT2D eigenvalue weighted by Crippen LogP contribution is 2.27. The molecule has 33 heavy (non-hydrogen) atoms. The van der Waals surface area contributed by atoms with E-state index in [1.807, 2.05) is 6.07 Å². The molecular weight excluding hydrogens is 471 g/mol. The van der Waals surface area contributed by atoms with Crippen LogP contribution in [0, 0.1) is 5.82 Å². The SMILES string of the molecule is O=C(c1ccc(OC/C(=C\F)CNC(=O)C(F)(F)F)c(F)c1)N1CCc2c(Cl)cccc2C1. The predicted molar refractivity (Wildman–Crippen MR) is 110 cm³/mol. The van der Waals surface area contributed by atoms with Gasteiger partial charge in [-0.2, -0.15) is 13.2 Å². The summed E-state index contributed by atoms with van der Waals surface area (Å²) in [6.45, 7) is -0.650. The molecule has 1 aliphatic heterocycles. The topological polar surface area (TPSA) is 58.6 Å². The van der Waals surface area contributed by atoms with Gasteiger partial charge in [0.15, 0.2) is 11.6 Å². The number of hydrogen-bond donors (Lipinski definition) is 1. The van der Waals surface area contributed by atoms with Gasteiger partial charge in [0, 0.05) is 35.8 Å².